The number of aromatic carboxylic acids is 1. The first-order valence-corrected chi connectivity index (χ1v) is 6.58. The summed E-state index contributed by atoms with van der Waals surface area (Å²) in [5, 5.41) is 8.84. The van der Waals surface area contributed by atoms with Crippen LogP contribution in [0.2, 0.25) is 0 Å². The molecule has 1 aliphatic heterocycles. The van der Waals surface area contributed by atoms with Crippen molar-refractivity contribution in [3.8, 4) is 0 Å². The van der Waals surface area contributed by atoms with Crippen LogP contribution in [0.25, 0.3) is 0 Å². The van der Waals surface area contributed by atoms with E-state index in [-0.39, 0.29) is 16.9 Å². The van der Waals surface area contributed by atoms with E-state index in [2.05, 4.69) is 0 Å². The lowest BCUT2D eigenvalue weighted by atomic mass is 10.1. The lowest BCUT2D eigenvalue weighted by Crippen LogP contribution is -2.42. The molecule has 0 aromatic carbocycles. The van der Waals surface area contributed by atoms with E-state index in [1.165, 1.54) is 6.07 Å². The first-order valence-electron chi connectivity index (χ1n) is 5.77. The number of carbonyl (C=O) groups excluding carboxylic acids is 1. The summed E-state index contributed by atoms with van der Waals surface area (Å²) in [5.41, 5.74) is 0. The van der Waals surface area contributed by atoms with Crippen molar-refractivity contribution < 1.29 is 19.4 Å². The van der Waals surface area contributed by atoms with Gasteiger partial charge in [-0.1, -0.05) is 0 Å². The van der Waals surface area contributed by atoms with Gasteiger partial charge >= 0.3 is 5.97 Å². The topological polar surface area (TPSA) is 66.8 Å². The minimum Gasteiger partial charge on any atom is -0.477 e. The number of likely N-dealkylation sites (tertiary alicyclic amines) is 1. The number of rotatable bonds is 3. The van der Waals surface area contributed by atoms with Crippen molar-refractivity contribution >= 4 is 23.2 Å². The molecule has 1 aromatic rings. The number of thiophene rings is 1. The summed E-state index contributed by atoms with van der Waals surface area (Å²) in [6.45, 7) is 1.29. The van der Waals surface area contributed by atoms with Crippen molar-refractivity contribution in [2.24, 2.45) is 0 Å². The SMILES string of the molecule is CO[C@H]1CCCN(C(=O)c2ccc(C(=O)O)s2)C1. The van der Waals surface area contributed by atoms with E-state index in [1.54, 1.807) is 18.1 Å². The molecule has 0 spiro atoms. The molecule has 6 heteroatoms. The van der Waals surface area contributed by atoms with Gasteiger partial charge in [0.1, 0.15) is 4.88 Å². The number of methoxy groups -OCH3 is 1. The third-order valence-corrected chi connectivity index (χ3v) is 4.09. The Labute approximate surface area is 109 Å². The van der Waals surface area contributed by atoms with Gasteiger partial charge in [0.25, 0.3) is 5.91 Å². The van der Waals surface area contributed by atoms with Gasteiger partial charge < -0.3 is 14.7 Å². The Kier molecular flexibility index (Phi) is 3.98. The standard InChI is InChI=1S/C12H15NO4S/c1-17-8-3-2-6-13(7-8)11(14)9-4-5-10(18-9)12(15)16/h4-5,8H,2-3,6-7H2,1H3,(H,15,16)/t8-/m0/s1. The van der Waals surface area contributed by atoms with Crippen LogP contribution in [0.3, 0.4) is 0 Å². The fraction of sp³-hybridized carbons (Fsp3) is 0.500. The Morgan fingerprint density at radius 3 is 2.78 bits per heavy atom. The first-order chi connectivity index (χ1) is 8.61. The van der Waals surface area contributed by atoms with E-state index < -0.39 is 5.97 Å². The van der Waals surface area contributed by atoms with Gasteiger partial charge in [0.05, 0.1) is 11.0 Å². The number of carboxylic acids is 1. The van der Waals surface area contributed by atoms with E-state index in [9.17, 15) is 9.59 Å². The van der Waals surface area contributed by atoms with Gasteiger partial charge in [0, 0.05) is 20.2 Å². The molecule has 1 aliphatic rings. The number of carboxylic acid groups (broad SMARTS) is 1. The molecular weight excluding hydrogens is 254 g/mol. The number of nitrogens with zero attached hydrogens (tertiary/aromatic N) is 1. The van der Waals surface area contributed by atoms with Crippen LogP contribution in [0, 0.1) is 0 Å². The van der Waals surface area contributed by atoms with Gasteiger partial charge in [-0.3, -0.25) is 4.79 Å². The summed E-state index contributed by atoms with van der Waals surface area (Å²) in [7, 11) is 1.65. The van der Waals surface area contributed by atoms with E-state index >= 15 is 0 Å². The number of amides is 1. The molecule has 1 atom stereocenters. The van der Waals surface area contributed by atoms with Crippen LogP contribution in [0.5, 0.6) is 0 Å². The molecule has 1 aromatic heterocycles. The summed E-state index contributed by atoms with van der Waals surface area (Å²) in [6.07, 6.45) is 1.97. The normalized spacial score (nSPS) is 19.8. The van der Waals surface area contributed by atoms with Crippen molar-refractivity contribution in [3.05, 3.63) is 21.9 Å². The summed E-state index contributed by atoms with van der Waals surface area (Å²) in [6, 6.07) is 3.05. The maximum absolute atomic E-state index is 12.2. The number of hydrogen-bond donors (Lipinski definition) is 1. The van der Waals surface area contributed by atoms with Gasteiger partial charge in [0.2, 0.25) is 0 Å². The summed E-state index contributed by atoms with van der Waals surface area (Å²) < 4.78 is 5.27. The Morgan fingerprint density at radius 1 is 1.44 bits per heavy atom. The molecule has 5 nitrogen and oxygen atoms in total. The average Bonchev–Trinajstić information content (AvgIpc) is 2.87. The fourth-order valence-electron chi connectivity index (χ4n) is 2.04. The van der Waals surface area contributed by atoms with E-state index in [1.807, 2.05) is 0 Å². The monoisotopic (exact) mass is 269 g/mol. The number of ether oxygens (including phenoxy) is 1. The van der Waals surface area contributed by atoms with Crippen LogP contribution in [-0.4, -0.2) is 48.2 Å². The fourth-order valence-corrected chi connectivity index (χ4v) is 2.85. The molecule has 0 radical (unpaired) electrons. The smallest absolute Gasteiger partial charge is 0.345 e. The highest BCUT2D eigenvalue weighted by atomic mass is 32.1. The van der Waals surface area contributed by atoms with E-state index in [0.717, 1.165) is 24.2 Å². The molecule has 98 valence electrons. The molecule has 1 saturated heterocycles. The molecule has 1 N–H and O–H groups in total. The number of carbonyl (C=O) groups is 2. The molecule has 0 aliphatic carbocycles. The third-order valence-electron chi connectivity index (χ3n) is 3.03. The van der Waals surface area contributed by atoms with Crippen molar-refractivity contribution in [2.45, 2.75) is 18.9 Å². The number of piperidine rings is 1. The maximum atomic E-state index is 12.2. The molecule has 1 fully saturated rings. The van der Waals surface area contributed by atoms with Gasteiger partial charge in [-0.05, 0) is 25.0 Å². The van der Waals surface area contributed by atoms with Gasteiger partial charge in [0.15, 0.2) is 0 Å². The van der Waals surface area contributed by atoms with Crippen LogP contribution in [-0.2, 0) is 4.74 Å². The summed E-state index contributed by atoms with van der Waals surface area (Å²) in [4.78, 5) is 25.4. The van der Waals surface area contributed by atoms with E-state index in [4.69, 9.17) is 9.84 Å². The van der Waals surface area contributed by atoms with Crippen molar-refractivity contribution in [3.63, 3.8) is 0 Å². The summed E-state index contributed by atoms with van der Waals surface area (Å²) in [5.74, 6) is -1.10. The lowest BCUT2D eigenvalue weighted by Gasteiger charge is -2.31. The minimum atomic E-state index is -0.993. The quantitative estimate of drug-likeness (QED) is 0.907. The zero-order chi connectivity index (χ0) is 13.1. The molecule has 18 heavy (non-hydrogen) atoms. The Hall–Kier alpha value is -1.40. The van der Waals surface area contributed by atoms with Crippen molar-refractivity contribution in [1.82, 2.24) is 4.90 Å². The Morgan fingerprint density at radius 2 is 2.17 bits per heavy atom. The first kappa shape index (κ1) is 13.0. The van der Waals surface area contributed by atoms with Crippen LogP contribution in [0.4, 0.5) is 0 Å². The predicted molar refractivity (Wildman–Crippen MR) is 67.2 cm³/mol. The minimum absolute atomic E-state index is 0.0848. The zero-order valence-corrected chi connectivity index (χ0v) is 10.9. The highest BCUT2D eigenvalue weighted by Gasteiger charge is 2.25. The summed E-state index contributed by atoms with van der Waals surface area (Å²) >= 11 is 1.02. The van der Waals surface area contributed by atoms with Gasteiger partial charge in [-0.15, -0.1) is 11.3 Å². The van der Waals surface area contributed by atoms with Crippen LogP contribution in [0.15, 0.2) is 12.1 Å². The molecule has 0 bridgehead atoms. The van der Waals surface area contributed by atoms with Crippen molar-refractivity contribution in [2.75, 3.05) is 20.2 Å². The lowest BCUT2D eigenvalue weighted by molar-refractivity contribution is 0.0271. The highest BCUT2D eigenvalue weighted by molar-refractivity contribution is 7.15. The molecule has 2 heterocycles. The zero-order valence-electron chi connectivity index (χ0n) is 10.1. The van der Waals surface area contributed by atoms with Crippen LogP contribution in [0.1, 0.15) is 32.2 Å². The molecular formula is C12H15NO4S. The highest BCUT2D eigenvalue weighted by Crippen LogP contribution is 2.21. The number of hydrogen-bond acceptors (Lipinski definition) is 4. The van der Waals surface area contributed by atoms with Gasteiger partial charge in [-0.2, -0.15) is 0 Å². The largest absolute Gasteiger partial charge is 0.477 e. The molecule has 0 saturated carbocycles. The third kappa shape index (κ3) is 2.70. The average molecular weight is 269 g/mol. The van der Waals surface area contributed by atoms with Crippen LogP contribution >= 0.6 is 11.3 Å². The second-order valence-corrected chi connectivity index (χ2v) is 5.30. The maximum Gasteiger partial charge on any atom is 0.345 e. The van der Waals surface area contributed by atoms with E-state index in [0.29, 0.717) is 18.0 Å². The predicted octanol–water partition coefficient (Wildman–Crippen LogP) is 1.70. The van der Waals surface area contributed by atoms with Crippen LogP contribution < -0.4 is 0 Å². The Bertz CT molecular complexity index is 457. The van der Waals surface area contributed by atoms with Gasteiger partial charge in [-0.25, -0.2) is 4.79 Å². The molecule has 0 unspecified atom stereocenters. The molecule has 2 rings (SSSR count). The molecule has 1 amide bonds. The van der Waals surface area contributed by atoms with Crippen molar-refractivity contribution in [1.29, 1.82) is 0 Å². The second kappa shape index (κ2) is 5.49. The Balaban J connectivity index is 2.07. The second-order valence-electron chi connectivity index (χ2n) is 4.22.